The molecule has 2 aromatic carbocycles. The maximum atomic E-state index is 12.7. The Morgan fingerprint density at radius 2 is 2.04 bits per heavy atom. The third-order valence-corrected chi connectivity index (χ3v) is 4.43. The largest absolute Gasteiger partial charge is 0.494 e. The van der Waals surface area contributed by atoms with Gasteiger partial charge in [-0.3, -0.25) is 4.79 Å². The normalized spacial score (nSPS) is 15.6. The van der Waals surface area contributed by atoms with Crippen molar-refractivity contribution in [2.24, 2.45) is 5.92 Å². The summed E-state index contributed by atoms with van der Waals surface area (Å²) in [5.74, 6) is 1.65. The second-order valence-corrected chi connectivity index (χ2v) is 6.36. The molecule has 5 nitrogen and oxygen atoms in total. The fraction of sp³-hybridized carbons (Fsp3) is 0.350. The van der Waals surface area contributed by atoms with Crippen LogP contribution in [0.15, 0.2) is 36.4 Å². The summed E-state index contributed by atoms with van der Waals surface area (Å²) in [4.78, 5) is 12.7. The standard InChI is InChI=1S/C20H22ClNO4/c1-3-24-15-8-9-18-13(11-15)10-14(12-26-18)20(23)22-17-7-5-6-16(21)19(17)25-4-2/h5-9,11,14H,3-4,10,12H2,1-2H3,(H,22,23). The number of benzene rings is 2. The van der Waals surface area contributed by atoms with Crippen molar-refractivity contribution >= 4 is 23.2 Å². The third kappa shape index (κ3) is 4.05. The lowest BCUT2D eigenvalue weighted by molar-refractivity contribution is -0.121. The van der Waals surface area contributed by atoms with Gasteiger partial charge >= 0.3 is 0 Å². The third-order valence-electron chi connectivity index (χ3n) is 4.13. The number of nitrogens with one attached hydrogen (secondary N) is 1. The molecule has 1 N–H and O–H groups in total. The van der Waals surface area contributed by atoms with Crippen LogP contribution in [0.1, 0.15) is 19.4 Å². The minimum absolute atomic E-state index is 0.124. The van der Waals surface area contributed by atoms with Gasteiger partial charge in [-0.1, -0.05) is 17.7 Å². The van der Waals surface area contributed by atoms with Gasteiger partial charge < -0.3 is 19.5 Å². The van der Waals surface area contributed by atoms with Gasteiger partial charge in [-0.15, -0.1) is 0 Å². The van der Waals surface area contributed by atoms with E-state index >= 15 is 0 Å². The molecule has 0 fully saturated rings. The Kier molecular flexibility index (Phi) is 5.89. The lowest BCUT2D eigenvalue weighted by Crippen LogP contribution is -2.32. The monoisotopic (exact) mass is 375 g/mol. The van der Waals surface area contributed by atoms with Crippen molar-refractivity contribution in [3.63, 3.8) is 0 Å². The van der Waals surface area contributed by atoms with Crippen LogP contribution in [0.5, 0.6) is 17.2 Å². The number of fused-ring (bicyclic) bond motifs is 1. The number of para-hydroxylation sites is 1. The van der Waals surface area contributed by atoms with Crippen LogP contribution in [-0.2, 0) is 11.2 Å². The van der Waals surface area contributed by atoms with E-state index < -0.39 is 0 Å². The molecule has 6 heteroatoms. The molecule has 1 amide bonds. The van der Waals surface area contributed by atoms with Crippen molar-refractivity contribution in [2.75, 3.05) is 25.1 Å². The molecule has 1 aliphatic rings. The molecule has 0 saturated carbocycles. The predicted octanol–water partition coefficient (Wildman–Crippen LogP) is 4.33. The molecule has 0 aliphatic carbocycles. The highest BCUT2D eigenvalue weighted by molar-refractivity contribution is 6.32. The smallest absolute Gasteiger partial charge is 0.231 e. The molecule has 0 aromatic heterocycles. The quantitative estimate of drug-likeness (QED) is 0.816. The molecule has 3 rings (SSSR count). The fourth-order valence-electron chi connectivity index (χ4n) is 2.93. The molecule has 0 saturated heterocycles. The summed E-state index contributed by atoms with van der Waals surface area (Å²) in [6.45, 7) is 5.20. The molecular formula is C20H22ClNO4. The summed E-state index contributed by atoms with van der Waals surface area (Å²) in [7, 11) is 0. The zero-order chi connectivity index (χ0) is 18.5. The summed E-state index contributed by atoms with van der Waals surface area (Å²) in [6.07, 6.45) is 0.590. The van der Waals surface area contributed by atoms with E-state index in [0.29, 0.717) is 42.7 Å². The fourth-order valence-corrected chi connectivity index (χ4v) is 3.16. The van der Waals surface area contributed by atoms with E-state index in [0.717, 1.165) is 17.1 Å². The maximum absolute atomic E-state index is 12.7. The van der Waals surface area contributed by atoms with Gasteiger partial charge in [-0.25, -0.2) is 0 Å². The van der Waals surface area contributed by atoms with E-state index in [1.165, 1.54) is 0 Å². The van der Waals surface area contributed by atoms with Crippen LogP contribution in [0, 0.1) is 5.92 Å². The van der Waals surface area contributed by atoms with Crippen LogP contribution in [0.4, 0.5) is 5.69 Å². The SMILES string of the molecule is CCOc1ccc2c(c1)CC(C(=O)Nc1cccc(Cl)c1OCC)CO2. The topological polar surface area (TPSA) is 56.8 Å². The van der Waals surface area contributed by atoms with E-state index in [-0.39, 0.29) is 11.8 Å². The zero-order valence-electron chi connectivity index (χ0n) is 14.9. The van der Waals surface area contributed by atoms with E-state index in [1.54, 1.807) is 18.2 Å². The number of carbonyl (C=O) groups is 1. The minimum Gasteiger partial charge on any atom is -0.494 e. The van der Waals surface area contributed by atoms with Crippen molar-refractivity contribution < 1.29 is 19.0 Å². The summed E-state index contributed by atoms with van der Waals surface area (Å²) in [5, 5.41) is 3.39. The Balaban J connectivity index is 1.74. The van der Waals surface area contributed by atoms with Gasteiger partial charge in [0.1, 0.15) is 18.1 Å². The van der Waals surface area contributed by atoms with Gasteiger partial charge in [-0.2, -0.15) is 0 Å². The first-order chi connectivity index (χ1) is 12.6. The Bertz CT molecular complexity index is 793. The zero-order valence-corrected chi connectivity index (χ0v) is 15.6. The van der Waals surface area contributed by atoms with E-state index in [1.807, 2.05) is 32.0 Å². The number of ether oxygens (including phenoxy) is 3. The average Bonchev–Trinajstić information content (AvgIpc) is 2.64. The second-order valence-electron chi connectivity index (χ2n) is 5.95. The van der Waals surface area contributed by atoms with E-state index in [9.17, 15) is 4.79 Å². The highest BCUT2D eigenvalue weighted by Gasteiger charge is 2.27. The first kappa shape index (κ1) is 18.4. The minimum atomic E-state index is -0.298. The first-order valence-corrected chi connectivity index (χ1v) is 9.10. The van der Waals surface area contributed by atoms with Crippen molar-refractivity contribution in [2.45, 2.75) is 20.3 Å². The number of carbonyl (C=O) groups excluding carboxylic acids is 1. The summed E-state index contributed by atoms with van der Waals surface area (Å²) in [5.41, 5.74) is 1.54. The number of hydrogen-bond acceptors (Lipinski definition) is 4. The Hall–Kier alpha value is -2.40. The molecule has 138 valence electrons. The number of halogens is 1. The predicted molar refractivity (Wildman–Crippen MR) is 102 cm³/mol. The van der Waals surface area contributed by atoms with Crippen molar-refractivity contribution in [3.8, 4) is 17.2 Å². The molecular weight excluding hydrogens is 354 g/mol. The van der Waals surface area contributed by atoms with Gasteiger partial charge in [-0.05, 0) is 56.2 Å². The molecule has 0 bridgehead atoms. The summed E-state index contributed by atoms with van der Waals surface area (Å²) in [6, 6.07) is 11.0. The first-order valence-electron chi connectivity index (χ1n) is 8.73. The van der Waals surface area contributed by atoms with Crippen molar-refractivity contribution in [3.05, 3.63) is 47.0 Å². The molecule has 2 aromatic rings. The Labute approximate surface area is 158 Å². The highest BCUT2D eigenvalue weighted by Crippen LogP contribution is 2.35. The molecule has 1 aliphatic heterocycles. The number of amides is 1. The Morgan fingerprint density at radius 3 is 2.81 bits per heavy atom. The van der Waals surface area contributed by atoms with Crippen LogP contribution >= 0.6 is 11.6 Å². The molecule has 1 unspecified atom stereocenters. The maximum Gasteiger partial charge on any atom is 0.231 e. The highest BCUT2D eigenvalue weighted by atomic mass is 35.5. The molecule has 0 radical (unpaired) electrons. The number of rotatable bonds is 6. The average molecular weight is 376 g/mol. The van der Waals surface area contributed by atoms with Crippen LogP contribution in [0.2, 0.25) is 5.02 Å². The van der Waals surface area contributed by atoms with Crippen LogP contribution in [0.25, 0.3) is 0 Å². The molecule has 1 heterocycles. The Morgan fingerprint density at radius 1 is 1.23 bits per heavy atom. The van der Waals surface area contributed by atoms with E-state index in [4.69, 9.17) is 25.8 Å². The van der Waals surface area contributed by atoms with Gasteiger partial charge in [0, 0.05) is 0 Å². The molecule has 26 heavy (non-hydrogen) atoms. The lowest BCUT2D eigenvalue weighted by Gasteiger charge is -2.25. The van der Waals surface area contributed by atoms with Crippen molar-refractivity contribution in [1.82, 2.24) is 0 Å². The van der Waals surface area contributed by atoms with Gasteiger partial charge in [0.15, 0.2) is 5.75 Å². The summed E-state index contributed by atoms with van der Waals surface area (Å²) < 4.78 is 16.8. The van der Waals surface area contributed by atoms with Gasteiger partial charge in [0.2, 0.25) is 5.91 Å². The molecule has 0 spiro atoms. The van der Waals surface area contributed by atoms with Crippen LogP contribution < -0.4 is 19.5 Å². The van der Waals surface area contributed by atoms with Crippen molar-refractivity contribution in [1.29, 1.82) is 0 Å². The van der Waals surface area contributed by atoms with Gasteiger partial charge in [0.25, 0.3) is 0 Å². The number of hydrogen-bond donors (Lipinski definition) is 1. The van der Waals surface area contributed by atoms with E-state index in [2.05, 4.69) is 5.32 Å². The second kappa shape index (κ2) is 8.32. The van der Waals surface area contributed by atoms with Crippen LogP contribution in [-0.4, -0.2) is 25.7 Å². The van der Waals surface area contributed by atoms with Crippen LogP contribution in [0.3, 0.4) is 0 Å². The summed E-state index contributed by atoms with van der Waals surface area (Å²) >= 11 is 6.18. The number of anilines is 1. The lowest BCUT2D eigenvalue weighted by atomic mass is 9.95. The molecule has 1 atom stereocenters. The van der Waals surface area contributed by atoms with Gasteiger partial charge in [0.05, 0.1) is 29.8 Å².